The van der Waals surface area contributed by atoms with Crippen LogP contribution in [0.4, 0.5) is 11.5 Å². The van der Waals surface area contributed by atoms with Gasteiger partial charge in [-0.15, -0.1) is 0 Å². The summed E-state index contributed by atoms with van der Waals surface area (Å²) >= 11 is 0. The van der Waals surface area contributed by atoms with E-state index in [1.807, 2.05) is 36.4 Å². The first kappa shape index (κ1) is 22.9. The van der Waals surface area contributed by atoms with Crippen molar-refractivity contribution in [1.29, 1.82) is 0 Å². The Morgan fingerprint density at radius 2 is 1.61 bits per heavy atom. The largest absolute Gasteiger partial charge is 0.497 e. The third-order valence-corrected chi connectivity index (χ3v) is 5.71. The van der Waals surface area contributed by atoms with E-state index >= 15 is 0 Å². The van der Waals surface area contributed by atoms with Crippen molar-refractivity contribution >= 4 is 45.6 Å². The van der Waals surface area contributed by atoms with E-state index in [0.717, 1.165) is 0 Å². The number of methoxy groups -OCH3 is 1. The number of nitrogens with one attached hydrogen (secondary N) is 1. The molecule has 0 saturated carbocycles. The number of nitrogen functional groups attached to an aromatic ring is 1. The molecule has 9 nitrogen and oxygen atoms in total. The zero-order valence-electron chi connectivity index (χ0n) is 19.7. The standard InChI is InChI=1S/C27H23N5O4/c1-3-36-27(34)16-8-10-17(11-9-16)29-26(33)22-23-25(31-21-7-5-4-6-20(21)30-23)32(24(22)28)18-12-14-19(35-2)15-13-18/h4-15H,3,28H2,1-2H3,(H,29,33). The van der Waals surface area contributed by atoms with Gasteiger partial charge in [0.05, 0.1) is 30.3 Å². The lowest BCUT2D eigenvalue weighted by Gasteiger charge is -2.09. The third kappa shape index (κ3) is 4.07. The summed E-state index contributed by atoms with van der Waals surface area (Å²) in [5.74, 6) is 0.0169. The number of carbonyl (C=O) groups excluding carboxylic acids is 2. The minimum atomic E-state index is -0.446. The molecule has 3 aromatic carbocycles. The number of nitrogens with two attached hydrogens (primary N) is 1. The van der Waals surface area contributed by atoms with Crippen LogP contribution in [0.15, 0.2) is 72.8 Å². The summed E-state index contributed by atoms with van der Waals surface area (Å²) in [6.07, 6.45) is 0. The molecule has 1 amide bonds. The van der Waals surface area contributed by atoms with Crippen molar-refractivity contribution < 1.29 is 19.1 Å². The minimum absolute atomic E-state index is 0.200. The van der Waals surface area contributed by atoms with Gasteiger partial charge < -0.3 is 20.5 Å². The van der Waals surface area contributed by atoms with E-state index in [1.165, 1.54) is 0 Å². The highest BCUT2D eigenvalue weighted by Gasteiger charge is 2.25. The number of rotatable bonds is 6. The number of hydrogen-bond acceptors (Lipinski definition) is 7. The lowest BCUT2D eigenvalue weighted by atomic mass is 10.2. The number of hydrogen-bond donors (Lipinski definition) is 2. The van der Waals surface area contributed by atoms with Gasteiger partial charge in [0.15, 0.2) is 5.65 Å². The Bertz CT molecular complexity index is 1590. The summed E-state index contributed by atoms with van der Waals surface area (Å²) in [5, 5.41) is 2.85. The van der Waals surface area contributed by atoms with Crippen LogP contribution in [0.2, 0.25) is 0 Å². The first-order valence-corrected chi connectivity index (χ1v) is 11.3. The van der Waals surface area contributed by atoms with Gasteiger partial charge >= 0.3 is 5.97 Å². The predicted molar refractivity (Wildman–Crippen MR) is 138 cm³/mol. The van der Waals surface area contributed by atoms with Crippen LogP contribution in [0.3, 0.4) is 0 Å². The maximum Gasteiger partial charge on any atom is 0.338 e. The Balaban J connectivity index is 1.60. The maximum atomic E-state index is 13.5. The van der Waals surface area contributed by atoms with Gasteiger partial charge in [-0.25, -0.2) is 14.8 Å². The molecular formula is C27H23N5O4. The van der Waals surface area contributed by atoms with E-state index in [-0.39, 0.29) is 18.0 Å². The molecule has 180 valence electrons. The van der Waals surface area contributed by atoms with Crippen molar-refractivity contribution in [3.05, 3.63) is 83.9 Å². The van der Waals surface area contributed by atoms with E-state index in [1.54, 1.807) is 55.0 Å². The molecule has 0 unspecified atom stereocenters. The number of nitrogens with zero attached hydrogens (tertiary/aromatic N) is 3. The Kier molecular flexibility index (Phi) is 5.95. The highest BCUT2D eigenvalue weighted by molar-refractivity contribution is 6.16. The highest BCUT2D eigenvalue weighted by Crippen LogP contribution is 2.32. The number of amides is 1. The second-order valence-corrected chi connectivity index (χ2v) is 7.93. The molecular weight excluding hydrogens is 458 g/mol. The Hall–Kier alpha value is -4.92. The zero-order chi connectivity index (χ0) is 25.2. The second kappa shape index (κ2) is 9.38. The summed E-state index contributed by atoms with van der Waals surface area (Å²) in [5.41, 5.74) is 10.5. The summed E-state index contributed by atoms with van der Waals surface area (Å²) in [6.45, 7) is 2.02. The van der Waals surface area contributed by atoms with Crippen LogP contribution in [-0.4, -0.2) is 40.1 Å². The van der Waals surface area contributed by atoms with Crippen LogP contribution in [-0.2, 0) is 4.74 Å². The van der Waals surface area contributed by atoms with Gasteiger partial charge in [0.25, 0.3) is 5.91 Å². The first-order chi connectivity index (χ1) is 17.5. The fraction of sp³-hybridized carbons (Fsp3) is 0.111. The fourth-order valence-electron chi connectivity index (χ4n) is 3.98. The molecule has 0 atom stereocenters. The van der Waals surface area contributed by atoms with E-state index < -0.39 is 11.9 Å². The van der Waals surface area contributed by atoms with Crippen LogP contribution in [0.25, 0.3) is 27.9 Å². The molecule has 0 spiro atoms. The molecule has 9 heteroatoms. The van der Waals surface area contributed by atoms with E-state index in [4.69, 9.17) is 25.2 Å². The molecule has 5 aromatic rings. The van der Waals surface area contributed by atoms with Crippen LogP contribution >= 0.6 is 0 Å². The SMILES string of the molecule is CCOC(=O)c1ccc(NC(=O)c2c(N)n(-c3ccc(OC)cc3)c3nc4ccccc4nc23)cc1. The predicted octanol–water partition coefficient (Wildman–Crippen LogP) is 4.59. The molecule has 0 aliphatic heterocycles. The van der Waals surface area contributed by atoms with Gasteiger partial charge in [0, 0.05) is 11.4 Å². The molecule has 5 rings (SSSR count). The maximum absolute atomic E-state index is 13.5. The molecule has 0 saturated heterocycles. The lowest BCUT2D eigenvalue weighted by molar-refractivity contribution is 0.0526. The number of aromatic nitrogens is 3. The molecule has 2 aromatic heterocycles. The third-order valence-electron chi connectivity index (χ3n) is 5.71. The molecule has 0 fully saturated rings. The van der Waals surface area contributed by atoms with Crippen molar-refractivity contribution in [3.63, 3.8) is 0 Å². The van der Waals surface area contributed by atoms with Crippen LogP contribution < -0.4 is 15.8 Å². The molecule has 0 aliphatic rings. The Morgan fingerprint density at radius 1 is 0.944 bits per heavy atom. The van der Waals surface area contributed by atoms with E-state index in [9.17, 15) is 9.59 Å². The van der Waals surface area contributed by atoms with Crippen LogP contribution in [0.5, 0.6) is 5.75 Å². The smallest absolute Gasteiger partial charge is 0.338 e. The van der Waals surface area contributed by atoms with Crippen molar-refractivity contribution in [2.45, 2.75) is 6.92 Å². The van der Waals surface area contributed by atoms with Gasteiger partial charge in [-0.2, -0.15) is 0 Å². The number of benzene rings is 3. The zero-order valence-corrected chi connectivity index (χ0v) is 19.7. The monoisotopic (exact) mass is 481 g/mol. The number of esters is 1. The molecule has 3 N–H and O–H groups in total. The van der Waals surface area contributed by atoms with Crippen LogP contribution in [0, 0.1) is 0 Å². The normalized spacial score (nSPS) is 10.9. The number of fused-ring (bicyclic) bond motifs is 2. The van der Waals surface area contributed by atoms with Crippen molar-refractivity contribution in [2.75, 3.05) is 24.8 Å². The number of carbonyl (C=O) groups is 2. The van der Waals surface area contributed by atoms with E-state index in [2.05, 4.69) is 5.32 Å². The average molecular weight is 482 g/mol. The number of para-hydroxylation sites is 2. The van der Waals surface area contributed by atoms with E-state index in [0.29, 0.717) is 44.9 Å². The van der Waals surface area contributed by atoms with Gasteiger partial charge in [-0.1, -0.05) is 12.1 Å². The lowest BCUT2D eigenvalue weighted by Crippen LogP contribution is -2.14. The quantitative estimate of drug-likeness (QED) is 0.340. The molecule has 0 aliphatic carbocycles. The van der Waals surface area contributed by atoms with Crippen molar-refractivity contribution in [3.8, 4) is 11.4 Å². The topological polar surface area (TPSA) is 121 Å². The van der Waals surface area contributed by atoms with Gasteiger partial charge in [0.2, 0.25) is 0 Å². The van der Waals surface area contributed by atoms with Crippen LogP contribution in [0.1, 0.15) is 27.6 Å². The summed E-state index contributed by atoms with van der Waals surface area (Å²) in [4.78, 5) is 34.9. The van der Waals surface area contributed by atoms with Gasteiger partial charge in [-0.3, -0.25) is 9.36 Å². The first-order valence-electron chi connectivity index (χ1n) is 11.3. The summed E-state index contributed by atoms with van der Waals surface area (Å²) in [6, 6.07) is 21.1. The second-order valence-electron chi connectivity index (χ2n) is 7.93. The molecule has 36 heavy (non-hydrogen) atoms. The molecule has 0 radical (unpaired) electrons. The number of ether oxygens (including phenoxy) is 2. The van der Waals surface area contributed by atoms with Crippen molar-refractivity contribution in [1.82, 2.24) is 14.5 Å². The highest BCUT2D eigenvalue weighted by atomic mass is 16.5. The Labute approximate surface area is 206 Å². The average Bonchev–Trinajstić information content (AvgIpc) is 3.18. The summed E-state index contributed by atoms with van der Waals surface area (Å²) < 4.78 is 12.0. The fourth-order valence-corrected chi connectivity index (χ4v) is 3.98. The molecule has 2 heterocycles. The van der Waals surface area contributed by atoms with Gasteiger partial charge in [-0.05, 0) is 67.6 Å². The molecule has 0 bridgehead atoms. The van der Waals surface area contributed by atoms with Crippen molar-refractivity contribution in [2.24, 2.45) is 0 Å². The summed E-state index contributed by atoms with van der Waals surface area (Å²) in [7, 11) is 1.59. The van der Waals surface area contributed by atoms with Gasteiger partial charge in [0.1, 0.15) is 22.6 Å². The Morgan fingerprint density at radius 3 is 2.25 bits per heavy atom. The number of anilines is 2. The minimum Gasteiger partial charge on any atom is -0.497 e.